The summed E-state index contributed by atoms with van der Waals surface area (Å²) in [4.78, 5) is 22.0. The van der Waals surface area contributed by atoms with Crippen molar-refractivity contribution in [1.82, 2.24) is 4.98 Å². The topological polar surface area (TPSA) is 102 Å². The van der Waals surface area contributed by atoms with Gasteiger partial charge in [0.2, 0.25) is 11.6 Å². The summed E-state index contributed by atoms with van der Waals surface area (Å²) in [7, 11) is 4.47. The van der Waals surface area contributed by atoms with Crippen LogP contribution >= 0.6 is 0 Å². The van der Waals surface area contributed by atoms with Gasteiger partial charge in [-0.25, -0.2) is 4.98 Å². The number of aromatic nitrogens is 1. The van der Waals surface area contributed by atoms with Gasteiger partial charge in [0, 0.05) is 12.0 Å². The quantitative estimate of drug-likeness (QED) is 0.113. The molecule has 4 aromatic rings. The highest BCUT2D eigenvalue weighted by Gasteiger charge is 2.18. The van der Waals surface area contributed by atoms with Crippen molar-refractivity contribution in [3.8, 4) is 28.7 Å². The van der Waals surface area contributed by atoms with Crippen LogP contribution in [-0.4, -0.2) is 38.0 Å². The fourth-order valence-electron chi connectivity index (χ4n) is 3.95. The van der Waals surface area contributed by atoms with E-state index in [1.54, 1.807) is 26.4 Å². The van der Waals surface area contributed by atoms with Crippen molar-refractivity contribution in [3.63, 3.8) is 0 Å². The van der Waals surface area contributed by atoms with E-state index in [1.807, 2.05) is 67.6 Å². The molecule has 0 bridgehead atoms. The van der Waals surface area contributed by atoms with Gasteiger partial charge >= 0.3 is 5.97 Å². The molecule has 1 heterocycles. The molecule has 40 heavy (non-hydrogen) atoms. The molecule has 0 N–H and O–H groups in total. The van der Waals surface area contributed by atoms with E-state index < -0.39 is 0 Å². The van der Waals surface area contributed by atoms with Gasteiger partial charge in [-0.3, -0.25) is 4.79 Å². The zero-order valence-electron chi connectivity index (χ0n) is 23.0. The first kappa shape index (κ1) is 28.2. The second-order valence-electron chi connectivity index (χ2n) is 8.76. The van der Waals surface area contributed by atoms with Crippen LogP contribution in [0, 0.1) is 6.92 Å². The summed E-state index contributed by atoms with van der Waals surface area (Å²) in [6, 6.07) is 22.8. The van der Waals surface area contributed by atoms with Crippen LogP contribution in [0.15, 0.2) is 82.4 Å². The molecule has 0 radical (unpaired) electrons. The van der Waals surface area contributed by atoms with Gasteiger partial charge in [-0.05, 0) is 42.3 Å². The van der Waals surface area contributed by atoms with Crippen LogP contribution in [0.1, 0.15) is 35.4 Å². The Morgan fingerprint density at radius 3 is 2.15 bits per heavy atom. The van der Waals surface area contributed by atoms with Crippen LogP contribution in [0.2, 0.25) is 0 Å². The molecule has 9 heteroatoms. The van der Waals surface area contributed by atoms with E-state index in [0.717, 1.165) is 16.7 Å². The monoisotopic (exact) mass is 544 g/mol. The van der Waals surface area contributed by atoms with Crippen molar-refractivity contribution in [3.05, 3.63) is 95.4 Å². The zero-order chi connectivity index (χ0) is 28.3. The molecule has 0 aliphatic rings. The molecule has 0 spiro atoms. The van der Waals surface area contributed by atoms with Crippen LogP contribution in [0.3, 0.4) is 0 Å². The standard InChI is InChI=1S/C31H32N2O7/c1-21-26(32-31(40-21)24-13-9-6-10-14-24)20-38-30-27(35-2)17-22(18-28(30)36-3)19-39-33-25(15-16-29(34)37-4)23-11-7-5-8-12-23/h5-14,17-18H,15-16,19-20H2,1-4H3. The molecule has 0 aliphatic carbocycles. The third kappa shape index (κ3) is 7.19. The number of nitrogens with zero attached hydrogens (tertiary/aromatic N) is 2. The average molecular weight is 545 g/mol. The van der Waals surface area contributed by atoms with Crippen molar-refractivity contribution in [2.45, 2.75) is 33.0 Å². The van der Waals surface area contributed by atoms with E-state index in [4.69, 9.17) is 28.2 Å². The second kappa shape index (κ2) is 13.8. The lowest BCUT2D eigenvalue weighted by atomic mass is 10.1. The molecule has 0 saturated carbocycles. The highest BCUT2D eigenvalue weighted by molar-refractivity contribution is 6.01. The first-order valence-corrected chi connectivity index (χ1v) is 12.7. The Bertz CT molecular complexity index is 1410. The number of methoxy groups -OCH3 is 3. The van der Waals surface area contributed by atoms with Crippen LogP contribution in [0.25, 0.3) is 11.5 Å². The van der Waals surface area contributed by atoms with Crippen molar-refractivity contribution < 1.29 is 33.0 Å². The van der Waals surface area contributed by atoms with Crippen LogP contribution in [0.5, 0.6) is 17.2 Å². The van der Waals surface area contributed by atoms with Gasteiger partial charge in [0.25, 0.3) is 0 Å². The lowest BCUT2D eigenvalue weighted by Gasteiger charge is -2.15. The number of carbonyl (C=O) groups excluding carboxylic acids is 1. The zero-order valence-corrected chi connectivity index (χ0v) is 23.0. The number of hydrogen-bond donors (Lipinski definition) is 0. The number of ether oxygens (including phenoxy) is 4. The lowest BCUT2D eigenvalue weighted by molar-refractivity contribution is -0.140. The Labute approximate surface area is 233 Å². The fourth-order valence-corrected chi connectivity index (χ4v) is 3.95. The maximum Gasteiger partial charge on any atom is 0.305 e. The largest absolute Gasteiger partial charge is 0.493 e. The highest BCUT2D eigenvalue weighted by Crippen LogP contribution is 2.39. The number of oxazole rings is 1. The van der Waals surface area contributed by atoms with E-state index in [0.29, 0.717) is 46.7 Å². The molecule has 0 amide bonds. The normalized spacial score (nSPS) is 11.2. The number of rotatable bonds is 13. The minimum Gasteiger partial charge on any atom is -0.493 e. The minimum atomic E-state index is -0.314. The van der Waals surface area contributed by atoms with E-state index in [2.05, 4.69) is 10.1 Å². The van der Waals surface area contributed by atoms with Gasteiger partial charge in [0.1, 0.15) is 24.7 Å². The molecule has 0 aliphatic heterocycles. The van der Waals surface area contributed by atoms with Crippen LogP contribution in [-0.2, 0) is 27.6 Å². The van der Waals surface area contributed by atoms with Gasteiger partial charge in [0.05, 0.1) is 33.5 Å². The first-order valence-electron chi connectivity index (χ1n) is 12.7. The molecule has 0 atom stereocenters. The smallest absolute Gasteiger partial charge is 0.305 e. The van der Waals surface area contributed by atoms with Gasteiger partial charge in [-0.1, -0.05) is 53.7 Å². The van der Waals surface area contributed by atoms with Gasteiger partial charge < -0.3 is 28.2 Å². The van der Waals surface area contributed by atoms with E-state index in [1.165, 1.54) is 7.11 Å². The predicted octanol–water partition coefficient (Wildman–Crippen LogP) is 6.12. The molecular weight excluding hydrogens is 512 g/mol. The Morgan fingerprint density at radius 1 is 0.875 bits per heavy atom. The number of carbonyl (C=O) groups is 1. The number of esters is 1. The molecule has 208 valence electrons. The molecule has 4 rings (SSSR count). The molecule has 3 aromatic carbocycles. The fraction of sp³-hybridized carbons (Fsp3) is 0.258. The summed E-state index contributed by atoms with van der Waals surface area (Å²) in [6.45, 7) is 2.16. The van der Waals surface area contributed by atoms with E-state index in [9.17, 15) is 4.79 Å². The Kier molecular flexibility index (Phi) is 9.77. The van der Waals surface area contributed by atoms with Gasteiger partial charge in [-0.15, -0.1) is 0 Å². The van der Waals surface area contributed by atoms with Crippen molar-refractivity contribution in [2.75, 3.05) is 21.3 Å². The molecule has 0 unspecified atom stereocenters. The van der Waals surface area contributed by atoms with Crippen molar-refractivity contribution in [2.24, 2.45) is 5.16 Å². The van der Waals surface area contributed by atoms with Crippen molar-refractivity contribution >= 4 is 11.7 Å². The number of oxime groups is 1. The van der Waals surface area contributed by atoms with Crippen LogP contribution in [0.4, 0.5) is 0 Å². The summed E-state index contributed by atoms with van der Waals surface area (Å²) in [5, 5.41) is 4.32. The van der Waals surface area contributed by atoms with Gasteiger partial charge in [0.15, 0.2) is 11.5 Å². The Morgan fingerprint density at radius 2 is 1.52 bits per heavy atom. The lowest BCUT2D eigenvalue weighted by Crippen LogP contribution is -2.08. The Hall–Kier alpha value is -4.79. The minimum absolute atomic E-state index is 0.143. The predicted molar refractivity (Wildman–Crippen MR) is 150 cm³/mol. The summed E-state index contributed by atoms with van der Waals surface area (Å²) >= 11 is 0. The molecule has 0 saturated heterocycles. The second-order valence-corrected chi connectivity index (χ2v) is 8.76. The maximum absolute atomic E-state index is 11.7. The number of hydrogen-bond acceptors (Lipinski definition) is 9. The SMILES string of the molecule is COC(=O)CCC(=NOCc1cc(OC)c(OCc2nc(-c3ccccc3)oc2C)c(OC)c1)c1ccccc1. The third-order valence-electron chi connectivity index (χ3n) is 6.09. The number of benzene rings is 3. The maximum atomic E-state index is 11.7. The first-order chi connectivity index (χ1) is 19.5. The molecule has 9 nitrogen and oxygen atoms in total. The summed E-state index contributed by atoms with van der Waals surface area (Å²) in [6.07, 6.45) is 0.572. The highest BCUT2D eigenvalue weighted by atomic mass is 16.6. The van der Waals surface area contributed by atoms with Crippen molar-refractivity contribution in [1.29, 1.82) is 0 Å². The molecule has 0 fully saturated rings. The van der Waals surface area contributed by atoms with E-state index >= 15 is 0 Å². The van der Waals surface area contributed by atoms with Crippen LogP contribution < -0.4 is 14.2 Å². The molecule has 1 aromatic heterocycles. The Balaban J connectivity index is 1.48. The average Bonchev–Trinajstić information content (AvgIpc) is 3.38. The van der Waals surface area contributed by atoms with Gasteiger partial charge in [-0.2, -0.15) is 0 Å². The third-order valence-corrected chi connectivity index (χ3v) is 6.09. The summed E-state index contributed by atoms with van der Waals surface area (Å²) in [5.41, 5.74) is 3.82. The van der Waals surface area contributed by atoms with E-state index in [-0.39, 0.29) is 25.6 Å². The number of aryl methyl sites for hydroxylation is 1. The summed E-state index contributed by atoms with van der Waals surface area (Å²) < 4.78 is 27.9. The molecular formula is C31H32N2O7. The summed E-state index contributed by atoms with van der Waals surface area (Å²) in [5.74, 6) is 2.27.